The van der Waals surface area contributed by atoms with Crippen molar-refractivity contribution < 1.29 is 9.59 Å². The molecule has 1 aromatic carbocycles. The smallest absolute Gasteiger partial charge is 0.220 e. The molecule has 4 heteroatoms. The molecule has 1 aliphatic carbocycles. The van der Waals surface area contributed by atoms with Gasteiger partial charge in [-0.05, 0) is 47.9 Å². The molecule has 2 aromatic rings. The van der Waals surface area contributed by atoms with Crippen molar-refractivity contribution in [1.82, 2.24) is 5.32 Å². The molecule has 3 nitrogen and oxygen atoms in total. The summed E-state index contributed by atoms with van der Waals surface area (Å²) in [6.45, 7) is 0.545. The van der Waals surface area contributed by atoms with E-state index >= 15 is 0 Å². The maximum atomic E-state index is 12.2. The van der Waals surface area contributed by atoms with E-state index in [1.165, 1.54) is 17.5 Å². The SMILES string of the molecule is O=C(CCC(=O)c1ccc2c(c1)CCC2)NCc1cccs1. The van der Waals surface area contributed by atoms with Crippen LogP contribution in [0.25, 0.3) is 0 Å². The third-order valence-corrected chi connectivity index (χ3v) is 4.92. The summed E-state index contributed by atoms with van der Waals surface area (Å²) < 4.78 is 0. The molecule has 0 spiro atoms. The fourth-order valence-electron chi connectivity index (χ4n) is 2.80. The zero-order valence-corrected chi connectivity index (χ0v) is 13.2. The summed E-state index contributed by atoms with van der Waals surface area (Å²) in [6, 6.07) is 9.92. The first-order valence-corrected chi connectivity index (χ1v) is 8.54. The van der Waals surface area contributed by atoms with E-state index in [9.17, 15) is 9.59 Å². The number of hydrogen-bond acceptors (Lipinski definition) is 3. The van der Waals surface area contributed by atoms with Crippen LogP contribution in [0.2, 0.25) is 0 Å². The standard InChI is InChI=1S/C18H19NO2S/c20-17(15-7-6-13-3-1-4-14(13)11-15)8-9-18(21)19-12-16-5-2-10-22-16/h2,5-7,10-11H,1,3-4,8-9,12H2,(H,19,21). The average molecular weight is 313 g/mol. The molecule has 0 bridgehead atoms. The molecule has 1 N–H and O–H groups in total. The van der Waals surface area contributed by atoms with E-state index in [-0.39, 0.29) is 24.5 Å². The minimum atomic E-state index is -0.0667. The van der Waals surface area contributed by atoms with Crippen LogP contribution in [0.5, 0.6) is 0 Å². The number of rotatable bonds is 6. The molecular formula is C18H19NO2S. The normalized spacial score (nSPS) is 12.9. The molecule has 0 atom stereocenters. The van der Waals surface area contributed by atoms with Gasteiger partial charge in [0.1, 0.15) is 0 Å². The van der Waals surface area contributed by atoms with Crippen LogP contribution in [-0.4, -0.2) is 11.7 Å². The van der Waals surface area contributed by atoms with Gasteiger partial charge < -0.3 is 5.32 Å². The van der Waals surface area contributed by atoms with Crippen molar-refractivity contribution in [2.45, 2.75) is 38.6 Å². The molecule has 0 saturated heterocycles. The van der Waals surface area contributed by atoms with Crippen LogP contribution < -0.4 is 5.32 Å². The van der Waals surface area contributed by atoms with E-state index in [1.807, 2.05) is 29.6 Å². The minimum absolute atomic E-state index is 0.0565. The number of benzene rings is 1. The Kier molecular flexibility index (Phi) is 4.68. The second kappa shape index (κ2) is 6.88. The maximum Gasteiger partial charge on any atom is 0.220 e. The molecule has 1 heterocycles. The van der Waals surface area contributed by atoms with Crippen molar-refractivity contribution in [3.05, 3.63) is 57.3 Å². The second-order valence-corrected chi connectivity index (χ2v) is 6.65. The molecule has 1 aromatic heterocycles. The molecule has 1 amide bonds. The van der Waals surface area contributed by atoms with Crippen LogP contribution in [0.3, 0.4) is 0 Å². The lowest BCUT2D eigenvalue weighted by Crippen LogP contribution is -2.22. The average Bonchev–Trinajstić information content (AvgIpc) is 3.20. The molecule has 3 rings (SSSR count). The zero-order valence-electron chi connectivity index (χ0n) is 12.4. The van der Waals surface area contributed by atoms with Crippen molar-refractivity contribution in [2.24, 2.45) is 0 Å². The van der Waals surface area contributed by atoms with E-state index in [2.05, 4.69) is 11.4 Å². The number of carbonyl (C=O) groups excluding carboxylic acids is 2. The van der Waals surface area contributed by atoms with Crippen LogP contribution in [0.1, 0.15) is 45.6 Å². The fraction of sp³-hybridized carbons (Fsp3) is 0.333. The number of hydrogen-bond donors (Lipinski definition) is 1. The Morgan fingerprint density at radius 1 is 1.09 bits per heavy atom. The third kappa shape index (κ3) is 3.63. The maximum absolute atomic E-state index is 12.2. The highest BCUT2D eigenvalue weighted by Gasteiger charge is 2.14. The number of carbonyl (C=O) groups is 2. The highest BCUT2D eigenvalue weighted by molar-refractivity contribution is 7.09. The Morgan fingerprint density at radius 2 is 1.95 bits per heavy atom. The van der Waals surface area contributed by atoms with Crippen LogP contribution in [0, 0.1) is 0 Å². The molecule has 0 aliphatic heterocycles. The number of nitrogens with one attached hydrogen (secondary N) is 1. The Morgan fingerprint density at radius 3 is 2.77 bits per heavy atom. The Labute approximate surface area is 134 Å². The van der Waals surface area contributed by atoms with Crippen LogP contribution >= 0.6 is 11.3 Å². The fourth-order valence-corrected chi connectivity index (χ4v) is 3.45. The first-order chi connectivity index (χ1) is 10.7. The highest BCUT2D eigenvalue weighted by Crippen LogP contribution is 2.23. The van der Waals surface area contributed by atoms with Crippen molar-refractivity contribution in [1.29, 1.82) is 0 Å². The van der Waals surface area contributed by atoms with E-state index in [1.54, 1.807) is 11.3 Å². The molecule has 22 heavy (non-hydrogen) atoms. The number of ketones is 1. The lowest BCUT2D eigenvalue weighted by atomic mass is 10.0. The summed E-state index contributed by atoms with van der Waals surface area (Å²) in [7, 11) is 0. The highest BCUT2D eigenvalue weighted by atomic mass is 32.1. The molecule has 0 fully saturated rings. The lowest BCUT2D eigenvalue weighted by Gasteiger charge is -2.05. The number of aryl methyl sites for hydroxylation is 2. The van der Waals surface area contributed by atoms with Crippen LogP contribution in [0.4, 0.5) is 0 Å². The van der Waals surface area contributed by atoms with Gasteiger partial charge in [-0.1, -0.05) is 18.2 Å². The molecular weight excluding hydrogens is 294 g/mol. The second-order valence-electron chi connectivity index (χ2n) is 5.62. The van der Waals surface area contributed by atoms with Gasteiger partial charge in [-0.25, -0.2) is 0 Å². The van der Waals surface area contributed by atoms with Crippen molar-refractivity contribution in [2.75, 3.05) is 0 Å². The topological polar surface area (TPSA) is 46.2 Å². The summed E-state index contributed by atoms with van der Waals surface area (Å²) >= 11 is 1.62. The van der Waals surface area contributed by atoms with E-state index in [0.717, 1.165) is 23.3 Å². The largest absolute Gasteiger partial charge is 0.351 e. The summed E-state index contributed by atoms with van der Waals surface area (Å²) in [6.07, 6.45) is 3.89. The summed E-state index contributed by atoms with van der Waals surface area (Å²) in [4.78, 5) is 25.1. The van der Waals surface area contributed by atoms with Gasteiger partial charge in [-0.3, -0.25) is 9.59 Å². The van der Waals surface area contributed by atoms with Crippen LogP contribution in [0.15, 0.2) is 35.7 Å². The van der Waals surface area contributed by atoms with E-state index in [4.69, 9.17) is 0 Å². The van der Waals surface area contributed by atoms with E-state index in [0.29, 0.717) is 6.54 Å². The Balaban J connectivity index is 1.48. The van der Waals surface area contributed by atoms with Gasteiger partial charge in [0.2, 0.25) is 5.91 Å². The van der Waals surface area contributed by atoms with Gasteiger partial charge in [0, 0.05) is 23.3 Å². The predicted octanol–water partition coefficient (Wildman–Crippen LogP) is 3.52. The van der Waals surface area contributed by atoms with Gasteiger partial charge in [0.05, 0.1) is 6.54 Å². The number of Topliss-reactive ketones (excluding diaryl/α,β-unsaturated/α-hetero) is 1. The van der Waals surface area contributed by atoms with Gasteiger partial charge in [0.25, 0.3) is 0 Å². The molecule has 0 unspecified atom stereocenters. The third-order valence-electron chi connectivity index (χ3n) is 4.04. The van der Waals surface area contributed by atoms with Gasteiger partial charge in [0.15, 0.2) is 5.78 Å². The first-order valence-electron chi connectivity index (χ1n) is 7.66. The number of fused-ring (bicyclic) bond motifs is 1. The number of thiophene rings is 1. The summed E-state index contributed by atoms with van der Waals surface area (Å²) in [5.74, 6) is -0.0103. The monoisotopic (exact) mass is 313 g/mol. The van der Waals surface area contributed by atoms with Gasteiger partial charge in [-0.2, -0.15) is 0 Å². The Bertz CT molecular complexity index is 676. The minimum Gasteiger partial charge on any atom is -0.351 e. The quantitative estimate of drug-likeness (QED) is 0.830. The van der Waals surface area contributed by atoms with Gasteiger partial charge in [-0.15, -0.1) is 11.3 Å². The molecule has 1 aliphatic rings. The predicted molar refractivity (Wildman–Crippen MR) is 88.2 cm³/mol. The Hall–Kier alpha value is -1.94. The van der Waals surface area contributed by atoms with Crippen molar-refractivity contribution >= 4 is 23.0 Å². The molecule has 114 valence electrons. The zero-order chi connectivity index (χ0) is 15.4. The van der Waals surface area contributed by atoms with Crippen molar-refractivity contribution in [3.8, 4) is 0 Å². The number of amides is 1. The summed E-state index contributed by atoms with van der Waals surface area (Å²) in [5.41, 5.74) is 3.41. The lowest BCUT2D eigenvalue weighted by molar-refractivity contribution is -0.121. The van der Waals surface area contributed by atoms with Crippen LogP contribution in [-0.2, 0) is 24.2 Å². The summed E-state index contributed by atoms with van der Waals surface area (Å²) in [5, 5.41) is 4.84. The van der Waals surface area contributed by atoms with E-state index < -0.39 is 0 Å². The van der Waals surface area contributed by atoms with Gasteiger partial charge >= 0.3 is 0 Å². The molecule has 0 radical (unpaired) electrons. The van der Waals surface area contributed by atoms with Crippen molar-refractivity contribution in [3.63, 3.8) is 0 Å². The molecule has 0 saturated carbocycles. The first kappa shape index (κ1) is 15.0.